The monoisotopic (exact) mass is 373 g/mol. The van der Waals surface area contributed by atoms with Crippen molar-refractivity contribution in [3.63, 3.8) is 0 Å². The van der Waals surface area contributed by atoms with Crippen LogP contribution in [0.5, 0.6) is 23.0 Å². The van der Waals surface area contributed by atoms with Crippen molar-refractivity contribution >= 4 is 5.91 Å². The predicted octanol–water partition coefficient (Wildman–Crippen LogP) is 3.07. The van der Waals surface area contributed by atoms with Gasteiger partial charge in [-0.1, -0.05) is 17.7 Å². The molecule has 27 heavy (non-hydrogen) atoms. The lowest BCUT2D eigenvalue weighted by molar-refractivity contribution is -0.120. The highest BCUT2D eigenvalue weighted by Gasteiger charge is 2.14. The molecule has 0 aliphatic heterocycles. The van der Waals surface area contributed by atoms with Gasteiger partial charge in [0.05, 0.1) is 34.3 Å². The molecule has 2 rings (SSSR count). The summed E-state index contributed by atoms with van der Waals surface area (Å²) in [5, 5.41) is 2.86. The van der Waals surface area contributed by atoms with E-state index in [1.165, 1.54) is 5.56 Å². The molecule has 0 aromatic heterocycles. The van der Waals surface area contributed by atoms with Crippen molar-refractivity contribution in [1.29, 1.82) is 0 Å². The Balaban J connectivity index is 1.88. The third-order valence-electron chi connectivity index (χ3n) is 4.10. The second-order valence-electron chi connectivity index (χ2n) is 6.18. The van der Waals surface area contributed by atoms with Crippen molar-refractivity contribution in [2.75, 3.05) is 34.5 Å². The maximum Gasteiger partial charge on any atom is 0.224 e. The zero-order valence-corrected chi connectivity index (χ0v) is 16.5. The molecule has 0 aliphatic rings. The van der Waals surface area contributed by atoms with E-state index in [-0.39, 0.29) is 12.3 Å². The number of amides is 1. The number of carbonyl (C=O) groups is 1. The van der Waals surface area contributed by atoms with Gasteiger partial charge in [0, 0.05) is 0 Å². The Morgan fingerprint density at radius 3 is 2.15 bits per heavy atom. The first kappa shape index (κ1) is 20.4. The molecule has 6 nitrogen and oxygen atoms in total. The smallest absolute Gasteiger partial charge is 0.224 e. The Kier molecular flexibility index (Phi) is 7.34. The molecular formula is C21H27NO5. The van der Waals surface area contributed by atoms with Gasteiger partial charge in [-0.25, -0.2) is 0 Å². The Morgan fingerprint density at radius 2 is 1.59 bits per heavy atom. The molecule has 0 saturated carbocycles. The molecule has 0 heterocycles. The van der Waals surface area contributed by atoms with E-state index in [0.29, 0.717) is 30.4 Å². The van der Waals surface area contributed by atoms with Gasteiger partial charge in [0.15, 0.2) is 11.5 Å². The van der Waals surface area contributed by atoms with Gasteiger partial charge in [-0.15, -0.1) is 0 Å². The minimum Gasteiger partial charge on any atom is -0.493 e. The lowest BCUT2D eigenvalue weighted by Crippen LogP contribution is -2.29. The van der Waals surface area contributed by atoms with Crippen LogP contribution < -0.4 is 24.3 Å². The van der Waals surface area contributed by atoms with Gasteiger partial charge in [-0.2, -0.15) is 0 Å². The lowest BCUT2D eigenvalue weighted by Gasteiger charge is -2.14. The summed E-state index contributed by atoms with van der Waals surface area (Å²) in [6.07, 6.45) is 0.209. The summed E-state index contributed by atoms with van der Waals surface area (Å²) in [6, 6.07) is 9.56. The number of hydrogen-bond acceptors (Lipinski definition) is 5. The SMILES string of the molecule is COc1cc(CC(=O)NCCOc2ccc(C)cc2C)cc(OC)c1OC. The Labute approximate surface area is 160 Å². The van der Waals surface area contributed by atoms with E-state index in [1.54, 1.807) is 33.5 Å². The highest BCUT2D eigenvalue weighted by Crippen LogP contribution is 2.38. The number of aryl methyl sites for hydroxylation is 2. The molecule has 0 fully saturated rings. The average Bonchev–Trinajstić information content (AvgIpc) is 2.65. The van der Waals surface area contributed by atoms with Crippen molar-refractivity contribution in [1.82, 2.24) is 5.32 Å². The van der Waals surface area contributed by atoms with Gasteiger partial charge in [-0.05, 0) is 43.2 Å². The average molecular weight is 373 g/mol. The number of rotatable bonds is 9. The zero-order valence-electron chi connectivity index (χ0n) is 16.5. The zero-order chi connectivity index (χ0) is 19.8. The molecule has 2 aromatic carbocycles. The van der Waals surface area contributed by atoms with E-state index in [1.807, 2.05) is 26.0 Å². The summed E-state index contributed by atoms with van der Waals surface area (Å²) in [5.41, 5.74) is 3.05. The van der Waals surface area contributed by atoms with E-state index in [9.17, 15) is 4.79 Å². The van der Waals surface area contributed by atoms with Crippen LogP contribution in [0, 0.1) is 13.8 Å². The van der Waals surface area contributed by atoms with E-state index in [2.05, 4.69) is 11.4 Å². The number of carbonyl (C=O) groups excluding carboxylic acids is 1. The van der Waals surface area contributed by atoms with Crippen LogP contribution >= 0.6 is 0 Å². The van der Waals surface area contributed by atoms with Crippen LogP contribution in [0.4, 0.5) is 0 Å². The van der Waals surface area contributed by atoms with E-state index < -0.39 is 0 Å². The number of nitrogens with one attached hydrogen (secondary N) is 1. The van der Waals surface area contributed by atoms with Crippen LogP contribution in [0.1, 0.15) is 16.7 Å². The molecular weight excluding hydrogens is 346 g/mol. The first-order valence-electron chi connectivity index (χ1n) is 8.74. The van der Waals surface area contributed by atoms with E-state index in [0.717, 1.165) is 16.9 Å². The maximum atomic E-state index is 12.2. The molecule has 0 spiro atoms. The van der Waals surface area contributed by atoms with E-state index in [4.69, 9.17) is 18.9 Å². The summed E-state index contributed by atoms with van der Waals surface area (Å²) in [6.45, 7) is 4.88. The number of hydrogen-bond donors (Lipinski definition) is 1. The Morgan fingerprint density at radius 1 is 0.926 bits per heavy atom. The highest BCUT2D eigenvalue weighted by molar-refractivity contribution is 5.79. The number of benzene rings is 2. The molecule has 146 valence electrons. The quantitative estimate of drug-likeness (QED) is 0.685. The molecule has 0 saturated heterocycles. The van der Waals surface area contributed by atoms with Crippen molar-refractivity contribution < 1.29 is 23.7 Å². The standard InChI is InChI=1S/C21H27NO5/c1-14-6-7-17(15(2)10-14)27-9-8-22-20(23)13-16-11-18(24-3)21(26-5)19(12-16)25-4/h6-7,10-12H,8-9,13H2,1-5H3,(H,22,23). The Hall–Kier alpha value is -2.89. The van der Waals surface area contributed by atoms with Crippen LogP contribution in [0.25, 0.3) is 0 Å². The van der Waals surface area contributed by atoms with Crippen molar-refractivity contribution in [2.45, 2.75) is 20.3 Å². The number of ether oxygens (including phenoxy) is 4. The molecule has 1 amide bonds. The van der Waals surface area contributed by atoms with Gasteiger partial charge >= 0.3 is 0 Å². The Bertz CT molecular complexity index is 763. The second kappa shape index (κ2) is 9.71. The normalized spacial score (nSPS) is 10.3. The van der Waals surface area contributed by atoms with Crippen molar-refractivity contribution in [2.24, 2.45) is 0 Å². The molecule has 0 bridgehead atoms. The summed E-state index contributed by atoms with van der Waals surface area (Å²) >= 11 is 0. The van der Waals surface area contributed by atoms with Crippen molar-refractivity contribution in [3.05, 3.63) is 47.0 Å². The van der Waals surface area contributed by atoms with E-state index >= 15 is 0 Å². The van der Waals surface area contributed by atoms with Crippen LogP contribution in [0.3, 0.4) is 0 Å². The molecule has 1 N–H and O–H groups in total. The summed E-state index contributed by atoms with van der Waals surface area (Å²) in [7, 11) is 4.64. The minimum atomic E-state index is -0.103. The number of methoxy groups -OCH3 is 3. The van der Waals surface area contributed by atoms with Crippen LogP contribution in [-0.4, -0.2) is 40.4 Å². The topological polar surface area (TPSA) is 66.0 Å². The van der Waals surface area contributed by atoms with Gasteiger partial charge in [-0.3, -0.25) is 4.79 Å². The summed E-state index contributed by atoms with van der Waals surface area (Å²) in [5.74, 6) is 2.29. The van der Waals surface area contributed by atoms with Gasteiger partial charge in [0.1, 0.15) is 12.4 Å². The minimum absolute atomic E-state index is 0.103. The molecule has 0 atom stereocenters. The molecule has 0 aliphatic carbocycles. The summed E-state index contributed by atoms with van der Waals surface area (Å²) in [4.78, 5) is 12.2. The highest BCUT2D eigenvalue weighted by atomic mass is 16.5. The molecule has 0 unspecified atom stereocenters. The fourth-order valence-electron chi connectivity index (χ4n) is 2.80. The molecule has 6 heteroatoms. The first-order valence-corrected chi connectivity index (χ1v) is 8.74. The third-order valence-corrected chi connectivity index (χ3v) is 4.10. The summed E-state index contributed by atoms with van der Waals surface area (Å²) < 4.78 is 21.6. The van der Waals surface area contributed by atoms with Crippen LogP contribution in [0.15, 0.2) is 30.3 Å². The third kappa shape index (κ3) is 5.54. The lowest BCUT2D eigenvalue weighted by atomic mass is 10.1. The van der Waals surface area contributed by atoms with Crippen molar-refractivity contribution in [3.8, 4) is 23.0 Å². The van der Waals surface area contributed by atoms with Gasteiger partial charge < -0.3 is 24.3 Å². The van der Waals surface area contributed by atoms with Crippen LogP contribution in [0.2, 0.25) is 0 Å². The fourth-order valence-corrected chi connectivity index (χ4v) is 2.80. The van der Waals surface area contributed by atoms with Crippen LogP contribution in [-0.2, 0) is 11.2 Å². The van der Waals surface area contributed by atoms with Gasteiger partial charge in [0.25, 0.3) is 0 Å². The van der Waals surface area contributed by atoms with Gasteiger partial charge in [0.2, 0.25) is 11.7 Å². The predicted molar refractivity (Wildman–Crippen MR) is 104 cm³/mol. The fraction of sp³-hybridized carbons (Fsp3) is 0.381. The largest absolute Gasteiger partial charge is 0.493 e. The maximum absolute atomic E-state index is 12.2. The second-order valence-corrected chi connectivity index (χ2v) is 6.18. The molecule has 0 radical (unpaired) electrons. The molecule has 2 aromatic rings. The first-order chi connectivity index (χ1) is 13.0.